The van der Waals surface area contributed by atoms with Gasteiger partial charge in [-0.2, -0.15) is 0 Å². The number of hydrogen-bond acceptors (Lipinski definition) is 7. The van der Waals surface area contributed by atoms with Crippen molar-refractivity contribution in [2.24, 2.45) is 5.92 Å². The SMILES string of the molecule is C=CC(=O)N1CCN(CCCc2cn3c(n2)c(-c2c(Cl)c(OC)cc(OC)c2Cl)cc2cnc(NCC4CC4)cc23)CC1. The minimum atomic E-state index is 0.00217. The smallest absolute Gasteiger partial charge is 0.246 e. The van der Waals surface area contributed by atoms with E-state index in [4.69, 9.17) is 42.6 Å². The number of methoxy groups -OCH3 is 2. The van der Waals surface area contributed by atoms with Gasteiger partial charge in [-0.3, -0.25) is 14.1 Å². The highest BCUT2D eigenvalue weighted by molar-refractivity contribution is 6.41. The van der Waals surface area contributed by atoms with Crippen LogP contribution in [0.25, 0.3) is 27.7 Å². The molecule has 9 nitrogen and oxygen atoms in total. The molecular formula is C32H36Cl2N6O3. The predicted octanol–water partition coefficient (Wildman–Crippen LogP) is 5.96. The second kappa shape index (κ2) is 12.6. The number of piperazine rings is 1. The van der Waals surface area contributed by atoms with Crippen LogP contribution in [-0.2, 0) is 11.2 Å². The molecule has 1 saturated heterocycles. The Kier molecular flexibility index (Phi) is 8.66. The standard InChI is InChI=1S/C32H36Cl2N6O3/c1-4-28(41)39-12-10-38(11-13-39)9-5-6-22-19-40-24-15-27(35-17-20-7-8-20)36-18-21(24)14-23(32(40)37-22)29-30(33)25(42-2)16-26(43-3)31(29)34/h4,14-16,18-20H,1,5-13,17H2,2-3H3,(H,35,36). The van der Waals surface area contributed by atoms with Crippen LogP contribution in [0.5, 0.6) is 11.5 Å². The first-order valence-corrected chi connectivity index (χ1v) is 15.4. The van der Waals surface area contributed by atoms with Gasteiger partial charge in [-0.05, 0) is 50.3 Å². The van der Waals surface area contributed by atoms with E-state index in [0.717, 1.165) is 91.7 Å². The van der Waals surface area contributed by atoms with Gasteiger partial charge in [-0.1, -0.05) is 29.8 Å². The van der Waals surface area contributed by atoms with E-state index in [1.807, 2.05) is 17.2 Å². The van der Waals surface area contributed by atoms with Gasteiger partial charge in [0.05, 0.1) is 35.5 Å². The Hall–Kier alpha value is -3.53. The molecule has 43 heavy (non-hydrogen) atoms. The number of fused-ring (bicyclic) bond motifs is 3. The van der Waals surface area contributed by atoms with Crippen molar-refractivity contribution in [3.8, 4) is 22.6 Å². The summed E-state index contributed by atoms with van der Waals surface area (Å²) in [6.45, 7) is 8.64. The highest BCUT2D eigenvalue weighted by Crippen LogP contribution is 2.47. The topological polar surface area (TPSA) is 84.2 Å². The van der Waals surface area contributed by atoms with Crippen molar-refractivity contribution >= 4 is 51.5 Å². The van der Waals surface area contributed by atoms with Gasteiger partial charge in [0.1, 0.15) is 23.0 Å². The third kappa shape index (κ3) is 6.12. The van der Waals surface area contributed by atoms with Crippen LogP contribution in [0.1, 0.15) is 25.0 Å². The summed E-state index contributed by atoms with van der Waals surface area (Å²) in [4.78, 5) is 26.0. The van der Waals surface area contributed by atoms with Crippen LogP contribution in [0.2, 0.25) is 10.0 Å². The van der Waals surface area contributed by atoms with Gasteiger partial charge in [-0.25, -0.2) is 9.97 Å². The van der Waals surface area contributed by atoms with Crippen molar-refractivity contribution in [2.45, 2.75) is 25.7 Å². The molecule has 4 aromatic rings. The number of rotatable bonds is 11. The van der Waals surface area contributed by atoms with Gasteiger partial charge in [0.15, 0.2) is 0 Å². The van der Waals surface area contributed by atoms with E-state index in [9.17, 15) is 4.79 Å². The minimum absolute atomic E-state index is 0.00217. The molecule has 11 heteroatoms. The Morgan fingerprint density at radius 3 is 2.47 bits per heavy atom. The van der Waals surface area contributed by atoms with Crippen LogP contribution >= 0.6 is 23.2 Å². The molecule has 1 aliphatic heterocycles. The van der Waals surface area contributed by atoms with Crippen LogP contribution in [0.4, 0.5) is 5.82 Å². The minimum Gasteiger partial charge on any atom is -0.495 e. The lowest BCUT2D eigenvalue weighted by molar-refractivity contribution is -0.127. The van der Waals surface area contributed by atoms with Gasteiger partial charge in [0.2, 0.25) is 5.91 Å². The van der Waals surface area contributed by atoms with Gasteiger partial charge >= 0.3 is 0 Å². The zero-order valence-electron chi connectivity index (χ0n) is 24.5. The molecule has 1 N–H and O–H groups in total. The number of nitrogens with one attached hydrogen (secondary N) is 1. The third-order valence-electron chi connectivity index (χ3n) is 8.35. The molecule has 1 aliphatic carbocycles. The average molecular weight is 624 g/mol. The molecule has 0 spiro atoms. The summed E-state index contributed by atoms with van der Waals surface area (Å²) >= 11 is 13.8. The number of anilines is 1. The van der Waals surface area contributed by atoms with E-state index in [1.54, 1.807) is 20.3 Å². The zero-order valence-corrected chi connectivity index (χ0v) is 26.0. The Morgan fingerprint density at radius 1 is 1.09 bits per heavy atom. The molecule has 1 saturated carbocycles. The maximum Gasteiger partial charge on any atom is 0.246 e. The number of ether oxygens (including phenoxy) is 2. The highest BCUT2D eigenvalue weighted by Gasteiger charge is 2.24. The first-order chi connectivity index (χ1) is 20.9. The number of aryl methyl sites for hydroxylation is 1. The lowest BCUT2D eigenvalue weighted by Crippen LogP contribution is -2.48. The maximum atomic E-state index is 11.9. The summed E-state index contributed by atoms with van der Waals surface area (Å²) in [6, 6.07) is 5.81. The molecule has 0 bridgehead atoms. The summed E-state index contributed by atoms with van der Waals surface area (Å²) in [5, 5.41) is 5.21. The first-order valence-electron chi connectivity index (χ1n) is 14.7. The Labute approximate surface area is 261 Å². The number of benzene rings is 1. The fourth-order valence-electron chi connectivity index (χ4n) is 5.70. The van der Waals surface area contributed by atoms with Crippen molar-refractivity contribution in [1.29, 1.82) is 0 Å². The number of pyridine rings is 2. The van der Waals surface area contributed by atoms with Crippen LogP contribution in [0.3, 0.4) is 0 Å². The number of aromatic nitrogens is 3. The van der Waals surface area contributed by atoms with Gasteiger partial charge in [0, 0.05) is 73.8 Å². The molecule has 2 fully saturated rings. The molecule has 2 aliphatic rings. The predicted molar refractivity (Wildman–Crippen MR) is 172 cm³/mol. The van der Waals surface area contributed by atoms with Gasteiger partial charge < -0.3 is 19.7 Å². The molecule has 4 heterocycles. The van der Waals surface area contributed by atoms with Crippen LogP contribution in [-0.4, -0.2) is 83.6 Å². The van der Waals surface area contributed by atoms with Crippen molar-refractivity contribution in [3.63, 3.8) is 0 Å². The maximum absolute atomic E-state index is 11.9. The zero-order chi connectivity index (χ0) is 30.1. The van der Waals surface area contributed by atoms with E-state index < -0.39 is 0 Å². The molecule has 1 aromatic carbocycles. The fraction of sp³-hybridized carbons (Fsp3) is 0.406. The van der Waals surface area contributed by atoms with E-state index in [-0.39, 0.29) is 5.91 Å². The summed E-state index contributed by atoms with van der Waals surface area (Å²) in [6.07, 6.45) is 9.66. The second-order valence-electron chi connectivity index (χ2n) is 11.2. The number of carbonyl (C=O) groups is 1. The summed E-state index contributed by atoms with van der Waals surface area (Å²) < 4.78 is 13.2. The summed E-state index contributed by atoms with van der Waals surface area (Å²) in [5.41, 5.74) is 4.09. The summed E-state index contributed by atoms with van der Waals surface area (Å²) in [7, 11) is 3.14. The fourth-order valence-corrected chi connectivity index (χ4v) is 6.40. The van der Waals surface area contributed by atoms with Crippen molar-refractivity contribution in [3.05, 3.63) is 59.0 Å². The van der Waals surface area contributed by atoms with Crippen molar-refractivity contribution in [1.82, 2.24) is 24.2 Å². The highest BCUT2D eigenvalue weighted by atomic mass is 35.5. The average Bonchev–Trinajstić information content (AvgIpc) is 3.76. The molecule has 1 amide bonds. The molecule has 0 unspecified atom stereocenters. The Morgan fingerprint density at radius 2 is 1.81 bits per heavy atom. The second-order valence-corrected chi connectivity index (χ2v) is 12.0. The molecule has 226 valence electrons. The number of amides is 1. The molecule has 0 radical (unpaired) electrons. The molecule has 6 rings (SSSR count). The van der Waals surface area contributed by atoms with E-state index >= 15 is 0 Å². The van der Waals surface area contributed by atoms with Gasteiger partial charge in [-0.15, -0.1) is 0 Å². The molecule has 0 atom stereocenters. The van der Waals surface area contributed by atoms with Crippen molar-refractivity contribution < 1.29 is 14.3 Å². The number of carbonyl (C=O) groups excluding carboxylic acids is 1. The number of nitrogens with zero attached hydrogens (tertiary/aromatic N) is 5. The first kappa shape index (κ1) is 29.5. The normalized spacial score (nSPS) is 15.7. The third-order valence-corrected chi connectivity index (χ3v) is 9.10. The summed E-state index contributed by atoms with van der Waals surface area (Å²) in [5.74, 6) is 2.52. The Bertz CT molecular complexity index is 1650. The van der Waals surface area contributed by atoms with E-state index in [0.29, 0.717) is 27.1 Å². The molecule has 3 aromatic heterocycles. The van der Waals surface area contributed by atoms with Crippen LogP contribution in [0, 0.1) is 5.92 Å². The van der Waals surface area contributed by atoms with Crippen LogP contribution in [0.15, 0.2) is 43.2 Å². The quantitative estimate of drug-likeness (QED) is 0.207. The number of hydrogen-bond donors (Lipinski definition) is 1. The largest absolute Gasteiger partial charge is 0.495 e. The number of halogens is 2. The van der Waals surface area contributed by atoms with Crippen molar-refractivity contribution in [2.75, 3.05) is 58.8 Å². The monoisotopic (exact) mass is 622 g/mol. The number of imidazole rings is 1. The lowest BCUT2D eigenvalue weighted by Gasteiger charge is -2.34. The van der Waals surface area contributed by atoms with E-state index in [1.165, 1.54) is 18.9 Å². The molecular weight excluding hydrogens is 587 g/mol. The van der Waals surface area contributed by atoms with Crippen LogP contribution < -0.4 is 14.8 Å². The van der Waals surface area contributed by atoms with Gasteiger partial charge in [0.25, 0.3) is 0 Å². The van der Waals surface area contributed by atoms with E-state index in [2.05, 4.69) is 33.5 Å². The Balaban J connectivity index is 1.34. The lowest BCUT2D eigenvalue weighted by atomic mass is 10.0.